The molecule has 0 unspecified atom stereocenters. The van der Waals surface area contributed by atoms with Gasteiger partial charge in [-0.25, -0.2) is 4.98 Å². The molecule has 0 fully saturated rings. The number of fused-ring (bicyclic) bond motifs is 1. The normalized spacial score (nSPS) is 10.7. The van der Waals surface area contributed by atoms with Gasteiger partial charge in [-0.05, 0) is 19.1 Å². The van der Waals surface area contributed by atoms with Crippen molar-refractivity contribution in [1.82, 2.24) is 24.6 Å². The molecule has 0 saturated carbocycles. The van der Waals surface area contributed by atoms with E-state index in [1.807, 2.05) is 35.7 Å². The molecule has 0 bridgehead atoms. The third-order valence-corrected chi connectivity index (χ3v) is 2.66. The summed E-state index contributed by atoms with van der Waals surface area (Å²) in [5, 5.41) is 11.3. The van der Waals surface area contributed by atoms with E-state index < -0.39 is 0 Å². The number of nitrogens with one attached hydrogen (secondary N) is 1. The van der Waals surface area contributed by atoms with E-state index in [4.69, 9.17) is 0 Å². The summed E-state index contributed by atoms with van der Waals surface area (Å²) >= 11 is 0. The van der Waals surface area contributed by atoms with E-state index in [1.165, 1.54) is 0 Å². The van der Waals surface area contributed by atoms with Crippen LogP contribution in [0.4, 0.5) is 5.82 Å². The quantitative estimate of drug-likeness (QED) is 0.750. The molecule has 0 spiro atoms. The average molecular weight is 240 g/mol. The maximum absolute atomic E-state index is 4.27. The summed E-state index contributed by atoms with van der Waals surface area (Å²) in [6.07, 6.45) is 5.34. The number of nitrogens with zero attached hydrogens (tertiary/aromatic N) is 5. The fourth-order valence-corrected chi connectivity index (χ4v) is 1.74. The molecule has 0 saturated heterocycles. The second-order valence-electron chi connectivity index (χ2n) is 3.89. The molecule has 0 radical (unpaired) electrons. The van der Waals surface area contributed by atoms with Crippen LogP contribution in [0.1, 0.15) is 11.5 Å². The van der Waals surface area contributed by atoms with Crippen LogP contribution in [0.3, 0.4) is 0 Å². The highest BCUT2D eigenvalue weighted by molar-refractivity contribution is 5.61. The van der Waals surface area contributed by atoms with Crippen molar-refractivity contribution in [3.05, 3.63) is 48.3 Å². The zero-order chi connectivity index (χ0) is 12.4. The molecule has 6 nitrogen and oxygen atoms in total. The molecule has 90 valence electrons. The number of aromatic nitrogens is 5. The maximum Gasteiger partial charge on any atom is 0.203 e. The average Bonchev–Trinajstić information content (AvgIpc) is 2.80. The molecule has 3 aromatic heterocycles. The van der Waals surface area contributed by atoms with E-state index >= 15 is 0 Å². The van der Waals surface area contributed by atoms with Gasteiger partial charge < -0.3 is 5.32 Å². The molecule has 3 heterocycles. The van der Waals surface area contributed by atoms with Crippen molar-refractivity contribution in [2.45, 2.75) is 13.5 Å². The minimum Gasteiger partial charge on any atom is -0.361 e. The number of hydrogen-bond donors (Lipinski definition) is 1. The summed E-state index contributed by atoms with van der Waals surface area (Å²) in [4.78, 5) is 8.52. The second kappa shape index (κ2) is 4.40. The summed E-state index contributed by atoms with van der Waals surface area (Å²) in [6, 6.07) is 5.81. The van der Waals surface area contributed by atoms with E-state index in [-0.39, 0.29) is 0 Å². The number of hydrogen-bond acceptors (Lipinski definition) is 5. The fourth-order valence-electron chi connectivity index (χ4n) is 1.74. The summed E-state index contributed by atoms with van der Waals surface area (Å²) < 4.78 is 1.90. The van der Waals surface area contributed by atoms with Gasteiger partial charge in [0.25, 0.3) is 0 Å². The number of aryl methyl sites for hydroxylation is 1. The summed E-state index contributed by atoms with van der Waals surface area (Å²) in [5.41, 5.74) is 1.68. The molecule has 0 atom stereocenters. The van der Waals surface area contributed by atoms with Crippen molar-refractivity contribution < 1.29 is 0 Å². The molecular weight excluding hydrogens is 228 g/mol. The Morgan fingerprint density at radius 1 is 1.17 bits per heavy atom. The highest BCUT2D eigenvalue weighted by Crippen LogP contribution is 2.12. The van der Waals surface area contributed by atoms with Crippen LogP contribution in [-0.4, -0.2) is 24.6 Å². The maximum atomic E-state index is 4.27. The van der Waals surface area contributed by atoms with Gasteiger partial charge in [-0.15, -0.1) is 10.2 Å². The first-order valence-corrected chi connectivity index (χ1v) is 5.65. The zero-order valence-corrected chi connectivity index (χ0v) is 9.91. The Bertz CT molecular complexity index is 661. The van der Waals surface area contributed by atoms with E-state index in [1.54, 1.807) is 12.4 Å². The Hall–Kier alpha value is -2.50. The lowest BCUT2D eigenvalue weighted by Gasteiger charge is -2.05. The van der Waals surface area contributed by atoms with Crippen molar-refractivity contribution in [2.24, 2.45) is 0 Å². The lowest BCUT2D eigenvalue weighted by atomic mass is 10.3. The summed E-state index contributed by atoms with van der Waals surface area (Å²) in [7, 11) is 0. The molecule has 3 aromatic rings. The van der Waals surface area contributed by atoms with Crippen LogP contribution in [0.5, 0.6) is 0 Å². The lowest BCUT2D eigenvalue weighted by Crippen LogP contribution is -2.05. The Labute approximate surface area is 104 Å². The largest absolute Gasteiger partial charge is 0.361 e. The molecular formula is C12H12N6. The number of anilines is 1. The van der Waals surface area contributed by atoms with Crippen LogP contribution in [0.15, 0.2) is 36.8 Å². The SMILES string of the molecule is Cc1nnc2c(NCc3ccccn3)nccn12. The van der Waals surface area contributed by atoms with Crippen LogP contribution in [0, 0.1) is 6.92 Å². The molecule has 1 N–H and O–H groups in total. The van der Waals surface area contributed by atoms with Gasteiger partial charge in [-0.3, -0.25) is 9.38 Å². The van der Waals surface area contributed by atoms with E-state index in [0.717, 1.165) is 17.2 Å². The van der Waals surface area contributed by atoms with E-state index in [9.17, 15) is 0 Å². The van der Waals surface area contributed by atoms with Gasteiger partial charge in [-0.1, -0.05) is 6.07 Å². The van der Waals surface area contributed by atoms with Gasteiger partial charge >= 0.3 is 0 Å². The molecule has 0 aromatic carbocycles. The molecule has 0 amide bonds. The predicted octanol–water partition coefficient (Wildman–Crippen LogP) is 1.44. The third kappa shape index (κ3) is 1.88. The zero-order valence-electron chi connectivity index (χ0n) is 9.91. The van der Waals surface area contributed by atoms with E-state index in [2.05, 4.69) is 25.5 Å². The Kier molecular flexibility index (Phi) is 2.60. The van der Waals surface area contributed by atoms with Crippen LogP contribution in [0.2, 0.25) is 0 Å². The van der Waals surface area contributed by atoms with Gasteiger partial charge in [0.1, 0.15) is 5.82 Å². The monoisotopic (exact) mass is 240 g/mol. The first kappa shape index (κ1) is 10.6. The lowest BCUT2D eigenvalue weighted by molar-refractivity contribution is 0.995. The molecule has 0 aliphatic heterocycles. The van der Waals surface area contributed by atoms with Crippen molar-refractivity contribution >= 4 is 11.5 Å². The molecule has 18 heavy (non-hydrogen) atoms. The Morgan fingerprint density at radius 3 is 2.94 bits per heavy atom. The van der Waals surface area contributed by atoms with Crippen LogP contribution in [0.25, 0.3) is 5.65 Å². The molecule has 6 heteroatoms. The van der Waals surface area contributed by atoms with Crippen LogP contribution >= 0.6 is 0 Å². The Morgan fingerprint density at radius 2 is 2.11 bits per heavy atom. The fraction of sp³-hybridized carbons (Fsp3) is 0.167. The summed E-state index contributed by atoms with van der Waals surface area (Å²) in [5.74, 6) is 1.55. The smallest absolute Gasteiger partial charge is 0.203 e. The molecule has 3 rings (SSSR count). The minimum absolute atomic E-state index is 0.611. The van der Waals surface area contributed by atoms with Gasteiger partial charge in [0, 0.05) is 18.6 Å². The van der Waals surface area contributed by atoms with E-state index in [0.29, 0.717) is 12.4 Å². The van der Waals surface area contributed by atoms with Crippen molar-refractivity contribution in [1.29, 1.82) is 0 Å². The first-order valence-electron chi connectivity index (χ1n) is 5.65. The van der Waals surface area contributed by atoms with Gasteiger partial charge in [0.05, 0.1) is 12.2 Å². The topological polar surface area (TPSA) is 68.0 Å². The van der Waals surface area contributed by atoms with Gasteiger partial charge in [0.15, 0.2) is 5.82 Å². The van der Waals surface area contributed by atoms with Crippen LogP contribution in [-0.2, 0) is 6.54 Å². The van der Waals surface area contributed by atoms with Crippen molar-refractivity contribution in [3.63, 3.8) is 0 Å². The third-order valence-electron chi connectivity index (χ3n) is 2.66. The highest BCUT2D eigenvalue weighted by Gasteiger charge is 2.07. The predicted molar refractivity (Wildman–Crippen MR) is 67.1 cm³/mol. The standard InChI is InChI=1S/C12H12N6/c1-9-16-17-12-11(14-6-7-18(9)12)15-8-10-4-2-3-5-13-10/h2-7H,8H2,1H3,(H,14,15). The number of pyridine rings is 1. The first-order chi connectivity index (χ1) is 8.84. The Balaban J connectivity index is 1.87. The van der Waals surface area contributed by atoms with Gasteiger partial charge in [-0.2, -0.15) is 0 Å². The second-order valence-corrected chi connectivity index (χ2v) is 3.89. The summed E-state index contributed by atoms with van der Waals surface area (Å²) in [6.45, 7) is 2.52. The molecule has 0 aliphatic carbocycles. The van der Waals surface area contributed by atoms with Gasteiger partial charge in [0.2, 0.25) is 5.65 Å². The van der Waals surface area contributed by atoms with Crippen molar-refractivity contribution in [2.75, 3.05) is 5.32 Å². The highest BCUT2D eigenvalue weighted by atomic mass is 15.3. The molecule has 0 aliphatic rings. The minimum atomic E-state index is 0.611. The number of rotatable bonds is 3. The van der Waals surface area contributed by atoms with Crippen molar-refractivity contribution in [3.8, 4) is 0 Å². The van der Waals surface area contributed by atoms with Crippen LogP contribution < -0.4 is 5.32 Å².